The highest BCUT2D eigenvalue weighted by molar-refractivity contribution is 9.10. The van der Waals surface area contributed by atoms with Crippen molar-refractivity contribution in [1.29, 1.82) is 0 Å². The number of aromatic amines is 1. The standard InChI is InChI=1S/C14H18BrN5O2/c1-2-3-7-22-14(21)20-6-4-5-9(20)11-18-12-13(19-11)17-10(15)8-16-12/h8-9H,2-7H2,1H3,(H,16,17,18,19). The van der Waals surface area contributed by atoms with Gasteiger partial charge in [0.1, 0.15) is 10.4 Å². The first-order valence-electron chi connectivity index (χ1n) is 7.50. The molecular weight excluding hydrogens is 350 g/mol. The van der Waals surface area contributed by atoms with Gasteiger partial charge in [0.15, 0.2) is 11.3 Å². The number of ether oxygens (including phenoxy) is 1. The van der Waals surface area contributed by atoms with Gasteiger partial charge in [0.2, 0.25) is 0 Å². The Morgan fingerprint density at radius 3 is 3.23 bits per heavy atom. The van der Waals surface area contributed by atoms with Gasteiger partial charge in [-0.25, -0.2) is 19.7 Å². The maximum Gasteiger partial charge on any atom is 0.410 e. The van der Waals surface area contributed by atoms with E-state index in [-0.39, 0.29) is 12.1 Å². The molecule has 7 nitrogen and oxygen atoms in total. The van der Waals surface area contributed by atoms with Crippen molar-refractivity contribution in [2.45, 2.75) is 38.6 Å². The predicted octanol–water partition coefficient (Wildman–Crippen LogP) is 3.19. The zero-order valence-corrected chi connectivity index (χ0v) is 14.0. The van der Waals surface area contributed by atoms with E-state index in [0.717, 1.165) is 31.5 Å². The summed E-state index contributed by atoms with van der Waals surface area (Å²) < 4.78 is 5.97. The third kappa shape index (κ3) is 3.06. The fourth-order valence-electron chi connectivity index (χ4n) is 2.60. The molecule has 1 aliphatic rings. The molecule has 118 valence electrons. The van der Waals surface area contributed by atoms with E-state index in [1.54, 1.807) is 11.1 Å². The topological polar surface area (TPSA) is 84.0 Å². The van der Waals surface area contributed by atoms with E-state index in [4.69, 9.17) is 4.74 Å². The van der Waals surface area contributed by atoms with Crippen molar-refractivity contribution in [1.82, 2.24) is 24.8 Å². The molecule has 22 heavy (non-hydrogen) atoms. The summed E-state index contributed by atoms with van der Waals surface area (Å²) in [5.74, 6) is 0.720. The summed E-state index contributed by atoms with van der Waals surface area (Å²) in [7, 11) is 0. The minimum atomic E-state index is -0.265. The number of aromatic nitrogens is 4. The number of fused-ring (bicyclic) bond motifs is 1. The number of carbonyl (C=O) groups excluding carboxylic acids is 1. The zero-order chi connectivity index (χ0) is 15.5. The number of hydrogen-bond donors (Lipinski definition) is 1. The Morgan fingerprint density at radius 1 is 1.55 bits per heavy atom. The first kappa shape index (κ1) is 15.2. The molecule has 1 unspecified atom stereocenters. The number of hydrogen-bond acceptors (Lipinski definition) is 5. The van der Waals surface area contributed by atoms with Gasteiger partial charge >= 0.3 is 6.09 Å². The van der Waals surface area contributed by atoms with Crippen LogP contribution in [0.2, 0.25) is 0 Å². The maximum absolute atomic E-state index is 12.2. The van der Waals surface area contributed by atoms with E-state index in [1.165, 1.54) is 0 Å². The zero-order valence-electron chi connectivity index (χ0n) is 12.4. The monoisotopic (exact) mass is 367 g/mol. The van der Waals surface area contributed by atoms with Crippen LogP contribution in [-0.4, -0.2) is 44.1 Å². The minimum Gasteiger partial charge on any atom is -0.449 e. The van der Waals surface area contributed by atoms with Crippen LogP contribution >= 0.6 is 15.9 Å². The van der Waals surface area contributed by atoms with Gasteiger partial charge in [-0.2, -0.15) is 0 Å². The Labute approximate surface area is 136 Å². The van der Waals surface area contributed by atoms with E-state index in [0.29, 0.717) is 29.0 Å². The summed E-state index contributed by atoms with van der Waals surface area (Å²) in [6.07, 6.45) is 5.04. The number of unbranched alkanes of at least 4 members (excludes halogenated alkanes) is 1. The molecule has 0 bridgehead atoms. The molecule has 1 saturated heterocycles. The first-order chi connectivity index (χ1) is 10.7. The van der Waals surface area contributed by atoms with Crippen molar-refractivity contribution >= 4 is 33.3 Å². The summed E-state index contributed by atoms with van der Waals surface area (Å²) >= 11 is 3.29. The lowest BCUT2D eigenvalue weighted by Crippen LogP contribution is -2.31. The number of halogens is 1. The number of amides is 1. The van der Waals surface area contributed by atoms with Gasteiger partial charge in [-0.15, -0.1) is 0 Å². The van der Waals surface area contributed by atoms with Gasteiger partial charge in [0, 0.05) is 6.54 Å². The molecule has 0 spiro atoms. The second kappa shape index (κ2) is 6.60. The van der Waals surface area contributed by atoms with Crippen LogP contribution in [0.3, 0.4) is 0 Å². The highest BCUT2D eigenvalue weighted by Crippen LogP contribution is 2.31. The normalized spacial score (nSPS) is 18.1. The van der Waals surface area contributed by atoms with Crippen molar-refractivity contribution in [3.63, 3.8) is 0 Å². The van der Waals surface area contributed by atoms with Gasteiger partial charge in [0.05, 0.1) is 18.8 Å². The largest absolute Gasteiger partial charge is 0.449 e. The lowest BCUT2D eigenvalue weighted by molar-refractivity contribution is 0.0957. The number of nitrogens with one attached hydrogen (secondary N) is 1. The highest BCUT2D eigenvalue weighted by Gasteiger charge is 2.33. The molecule has 0 aliphatic carbocycles. The molecule has 1 fully saturated rings. The summed E-state index contributed by atoms with van der Waals surface area (Å²) in [5.41, 5.74) is 1.18. The summed E-state index contributed by atoms with van der Waals surface area (Å²) in [6, 6.07) is -0.0936. The Balaban J connectivity index is 1.77. The fraction of sp³-hybridized carbons (Fsp3) is 0.571. The maximum atomic E-state index is 12.2. The number of imidazole rings is 1. The van der Waals surface area contributed by atoms with Crippen LogP contribution in [0.15, 0.2) is 10.8 Å². The van der Waals surface area contributed by atoms with Crippen LogP contribution in [-0.2, 0) is 4.74 Å². The molecule has 3 rings (SSSR count). The molecule has 3 heterocycles. The lowest BCUT2D eigenvalue weighted by atomic mass is 10.2. The average molecular weight is 368 g/mol. The van der Waals surface area contributed by atoms with E-state index < -0.39 is 0 Å². The Bertz CT molecular complexity index is 674. The van der Waals surface area contributed by atoms with E-state index in [9.17, 15) is 4.79 Å². The highest BCUT2D eigenvalue weighted by atomic mass is 79.9. The van der Waals surface area contributed by atoms with Crippen LogP contribution in [0.25, 0.3) is 11.3 Å². The number of nitrogens with zero attached hydrogens (tertiary/aromatic N) is 4. The molecule has 8 heteroatoms. The Kier molecular flexibility index (Phi) is 4.56. The summed E-state index contributed by atoms with van der Waals surface area (Å²) in [4.78, 5) is 30.1. The van der Waals surface area contributed by atoms with Crippen molar-refractivity contribution < 1.29 is 9.53 Å². The molecule has 0 aromatic carbocycles. The van der Waals surface area contributed by atoms with Crippen molar-refractivity contribution in [2.24, 2.45) is 0 Å². The van der Waals surface area contributed by atoms with Gasteiger partial charge in [-0.1, -0.05) is 13.3 Å². The van der Waals surface area contributed by atoms with Crippen LogP contribution in [0.1, 0.15) is 44.5 Å². The van der Waals surface area contributed by atoms with Gasteiger partial charge in [-0.3, -0.25) is 4.90 Å². The summed E-state index contributed by atoms with van der Waals surface area (Å²) in [5, 5.41) is 0. The third-order valence-electron chi connectivity index (χ3n) is 3.72. The van der Waals surface area contributed by atoms with Gasteiger partial charge in [0.25, 0.3) is 0 Å². The second-order valence-corrected chi connectivity index (χ2v) is 6.12. The Hall–Kier alpha value is -1.70. The molecule has 0 radical (unpaired) electrons. The minimum absolute atomic E-state index is 0.0936. The van der Waals surface area contributed by atoms with Gasteiger partial charge < -0.3 is 9.72 Å². The predicted molar refractivity (Wildman–Crippen MR) is 84.3 cm³/mol. The van der Waals surface area contributed by atoms with Crippen LogP contribution < -0.4 is 0 Å². The van der Waals surface area contributed by atoms with Crippen LogP contribution in [0.5, 0.6) is 0 Å². The molecular formula is C14H18BrN5O2. The molecule has 1 atom stereocenters. The van der Waals surface area contributed by atoms with Crippen LogP contribution in [0.4, 0.5) is 4.79 Å². The van der Waals surface area contributed by atoms with Crippen molar-refractivity contribution in [3.05, 3.63) is 16.6 Å². The molecule has 1 N–H and O–H groups in total. The van der Waals surface area contributed by atoms with E-state index in [2.05, 4.69) is 42.8 Å². The number of likely N-dealkylation sites (tertiary alicyclic amines) is 1. The number of carbonyl (C=O) groups is 1. The third-order valence-corrected chi connectivity index (χ3v) is 4.11. The fourth-order valence-corrected chi connectivity index (χ4v) is 2.88. The molecule has 0 saturated carbocycles. The quantitative estimate of drug-likeness (QED) is 0.838. The first-order valence-corrected chi connectivity index (χ1v) is 8.30. The molecule has 1 amide bonds. The molecule has 2 aromatic rings. The van der Waals surface area contributed by atoms with Crippen molar-refractivity contribution in [2.75, 3.05) is 13.2 Å². The molecule has 2 aromatic heterocycles. The smallest absolute Gasteiger partial charge is 0.410 e. The number of H-pyrrole nitrogens is 1. The second-order valence-electron chi connectivity index (χ2n) is 5.31. The Morgan fingerprint density at radius 2 is 2.41 bits per heavy atom. The molecule has 1 aliphatic heterocycles. The lowest BCUT2D eigenvalue weighted by Gasteiger charge is -2.22. The van der Waals surface area contributed by atoms with Gasteiger partial charge in [-0.05, 0) is 35.2 Å². The van der Waals surface area contributed by atoms with Crippen LogP contribution in [0, 0.1) is 0 Å². The SMILES string of the molecule is CCCCOC(=O)N1CCCC1c1nc2ncc(Br)nc2[nH]1. The van der Waals surface area contributed by atoms with E-state index >= 15 is 0 Å². The number of rotatable bonds is 4. The van der Waals surface area contributed by atoms with Crippen molar-refractivity contribution in [3.8, 4) is 0 Å². The van der Waals surface area contributed by atoms with E-state index in [1.807, 2.05) is 0 Å². The average Bonchev–Trinajstić information content (AvgIpc) is 3.12. The summed E-state index contributed by atoms with van der Waals surface area (Å²) in [6.45, 7) is 3.23.